The lowest BCUT2D eigenvalue weighted by Crippen LogP contribution is -2.25. The zero-order valence-electron chi connectivity index (χ0n) is 11.3. The lowest BCUT2D eigenvalue weighted by molar-refractivity contribution is -0.384. The number of hydrogen-bond acceptors (Lipinski definition) is 5. The Bertz CT molecular complexity index is 603. The summed E-state index contributed by atoms with van der Waals surface area (Å²) in [4.78, 5) is 23.7. The smallest absolute Gasteiger partial charge is 0.342 e. The number of anilines is 1. The van der Waals surface area contributed by atoms with Crippen LogP contribution in [0.4, 0.5) is 11.4 Å². The maximum Gasteiger partial charge on any atom is 0.342 e. The molecule has 3 atom stereocenters. The molecule has 0 amide bonds. The van der Waals surface area contributed by atoms with E-state index < -0.39 is 10.9 Å². The number of nitro groups is 1. The van der Waals surface area contributed by atoms with Gasteiger partial charge < -0.3 is 15.1 Å². The number of aromatic carboxylic acids is 1. The van der Waals surface area contributed by atoms with Crippen molar-refractivity contribution < 1.29 is 19.9 Å². The van der Waals surface area contributed by atoms with Gasteiger partial charge in [-0.05, 0) is 30.9 Å². The molecule has 2 N–H and O–H groups in total. The Morgan fingerprint density at radius 2 is 2.10 bits per heavy atom. The van der Waals surface area contributed by atoms with Gasteiger partial charge >= 0.3 is 11.7 Å². The highest BCUT2D eigenvalue weighted by Gasteiger charge is 2.43. The van der Waals surface area contributed by atoms with E-state index in [9.17, 15) is 20.0 Å². The van der Waals surface area contributed by atoms with Gasteiger partial charge in [-0.3, -0.25) is 10.1 Å². The molecule has 0 aromatic heterocycles. The molecule has 7 nitrogen and oxygen atoms in total. The topological polar surface area (TPSA) is 104 Å². The summed E-state index contributed by atoms with van der Waals surface area (Å²) in [7, 11) is 0. The average Bonchev–Trinajstić information content (AvgIpc) is 3.00. The summed E-state index contributed by atoms with van der Waals surface area (Å²) in [6, 6.07) is 4.35. The molecule has 3 rings (SSSR count). The minimum absolute atomic E-state index is 0.123. The second kappa shape index (κ2) is 5.00. The molecular formula is C14H16N2O5. The van der Waals surface area contributed by atoms with E-state index in [-0.39, 0.29) is 23.3 Å². The molecule has 1 aromatic rings. The van der Waals surface area contributed by atoms with Crippen molar-refractivity contribution >= 4 is 17.3 Å². The Hall–Kier alpha value is -2.15. The van der Waals surface area contributed by atoms with Crippen LogP contribution in [-0.2, 0) is 0 Å². The van der Waals surface area contributed by atoms with E-state index in [1.807, 2.05) is 4.90 Å². The van der Waals surface area contributed by atoms with Crippen LogP contribution in [0.5, 0.6) is 0 Å². The molecule has 1 aromatic carbocycles. The van der Waals surface area contributed by atoms with E-state index in [1.165, 1.54) is 12.1 Å². The standard InChI is InChI=1S/C14H16N2O5/c17-12-5-4-8-6-15(7-10(8)12)11-3-1-2-9(14(18)19)13(11)16(20)21/h1-3,8,10,12,17H,4-7H2,(H,18,19). The van der Waals surface area contributed by atoms with Crippen LogP contribution >= 0.6 is 0 Å². The molecule has 0 radical (unpaired) electrons. The second-order valence-corrected chi connectivity index (χ2v) is 5.71. The third-order valence-electron chi connectivity index (χ3n) is 4.59. The van der Waals surface area contributed by atoms with Crippen molar-refractivity contribution in [2.45, 2.75) is 18.9 Å². The largest absolute Gasteiger partial charge is 0.477 e. The van der Waals surface area contributed by atoms with E-state index >= 15 is 0 Å². The fourth-order valence-corrected chi connectivity index (χ4v) is 3.58. The van der Waals surface area contributed by atoms with Crippen molar-refractivity contribution in [2.75, 3.05) is 18.0 Å². The summed E-state index contributed by atoms with van der Waals surface area (Å²) in [5, 5.41) is 30.3. The number of rotatable bonds is 3. The molecule has 1 heterocycles. The summed E-state index contributed by atoms with van der Waals surface area (Å²) in [6.45, 7) is 1.17. The van der Waals surface area contributed by atoms with Crippen molar-refractivity contribution in [1.82, 2.24) is 0 Å². The van der Waals surface area contributed by atoms with Crippen molar-refractivity contribution in [2.24, 2.45) is 11.8 Å². The van der Waals surface area contributed by atoms with Gasteiger partial charge in [-0.25, -0.2) is 4.79 Å². The molecule has 0 bridgehead atoms. The molecule has 0 spiro atoms. The summed E-state index contributed by atoms with van der Waals surface area (Å²) < 4.78 is 0. The van der Waals surface area contributed by atoms with Gasteiger partial charge in [0.2, 0.25) is 0 Å². The van der Waals surface area contributed by atoms with E-state index in [1.54, 1.807) is 6.07 Å². The third-order valence-corrected chi connectivity index (χ3v) is 4.59. The molecule has 2 fully saturated rings. The van der Waals surface area contributed by atoms with Crippen molar-refractivity contribution in [3.63, 3.8) is 0 Å². The van der Waals surface area contributed by atoms with Crippen LogP contribution in [0.25, 0.3) is 0 Å². The van der Waals surface area contributed by atoms with Crippen molar-refractivity contribution in [3.8, 4) is 0 Å². The molecule has 1 aliphatic heterocycles. The molecule has 1 saturated heterocycles. The zero-order valence-corrected chi connectivity index (χ0v) is 11.3. The summed E-state index contributed by atoms with van der Waals surface area (Å²) in [5.74, 6) is -0.853. The van der Waals surface area contributed by atoms with Crippen LogP contribution < -0.4 is 4.90 Å². The number of fused-ring (bicyclic) bond motifs is 1. The van der Waals surface area contributed by atoms with Gasteiger partial charge in [-0.15, -0.1) is 0 Å². The van der Waals surface area contributed by atoms with Crippen LogP contribution in [0, 0.1) is 22.0 Å². The zero-order chi connectivity index (χ0) is 15.1. The number of aliphatic hydroxyl groups is 1. The van der Waals surface area contributed by atoms with Crippen molar-refractivity contribution in [3.05, 3.63) is 33.9 Å². The first-order valence-electron chi connectivity index (χ1n) is 6.92. The van der Waals surface area contributed by atoms with Gasteiger partial charge in [0.25, 0.3) is 0 Å². The predicted octanol–water partition coefficient (Wildman–Crippen LogP) is 1.50. The number of carboxylic acid groups (broad SMARTS) is 1. The first kappa shape index (κ1) is 13.8. The van der Waals surface area contributed by atoms with Gasteiger partial charge in [0.05, 0.1) is 11.0 Å². The monoisotopic (exact) mass is 292 g/mol. The van der Waals surface area contributed by atoms with Crippen LogP contribution in [0.3, 0.4) is 0 Å². The van der Waals surface area contributed by atoms with E-state index in [4.69, 9.17) is 5.11 Å². The predicted molar refractivity (Wildman–Crippen MR) is 74.5 cm³/mol. The van der Waals surface area contributed by atoms with Crippen LogP contribution in [-0.4, -0.2) is 40.3 Å². The Balaban J connectivity index is 1.98. The Morgan fingerprint density at radius 1 is 1.33 bits per heavy atom. The van der Waals surface area contributed by atoms with Crippen LogP contribution in [0.1, 0.15) is 23.2 Å². The SMILES string of the molecule is O=C(O)c1cccc(N2CC3CCC(O)C3C2)c1[N+](=O)[O-]. The van der Waals surface area contributed by atoms with Crippen molar-refractivity contribution in [1.29, 1.82) is 0 Å². The Morgan fingerprint density at radius 3 is 2.71 bits per heavy atom. The minimum atomic E-state index is -1.30. The number of aliphatic hydroxyl groups excluding tert-OH is 1. The summed E-state index contributed by atoms with van der Waals surface area (Å²) >= 11 is 0. The number of carboxylic acids is 1. The first-order chi connectivity index (χ1) is 9.99. The Labute approximate surface area is 121 Å². The highest BCUT2D eigenvalue weighted by atomic mass is 16.6. The highest BCUT2D eigenvalue weighted by molar-refractivity contribution is 5.95. The highest BCUT2D eigenvalue weighted by Crippen LogP contribution is 2.42. The molecule has 3 unspecified atom stereocenters. The molecule has 2 aliphatic rings. The fraction of sp³-hybridized carbons (Fsp3) is 0.500. The number of nitrogens with zero attached hydrogens (tertiary/aromatic N) is 2. The molecule has 112 valence electrons. The second-order valence-electron chi connectivity index (χ2n) is 5.71. The molecule has 1 aliphatic carbocycles. The normalized spacial score (nSPS) is 27.7. The number of carbonyl (C=O) groups is 1. The number of benzene rings is 1. The quantitative estimate of drug-likeness (QED) is 0.646. The number of para-hydroxylation sites is 1. The van der Waals surface area contributed by atoms with Crippen LogP contribution in [0.15, 0.2) is 18.2 Å². The molecular weight excluding hydrogens is 276 g/mol. The fourth-order valence-electron chi connectivity index (χ4n) is 3.58. The van der Waals surface area contributed by atoms with Gasteiger partial charge in [-0.2, -0.15) is 0 Å². The van der Waals surface area contributed by atoms with Gasteiger partial charge in [0, 0.05) is 19.0 Å². The summed E-state index contributed by atoms with van der Waals surface area (Å²) in [6.07, 6.45) is 1.33. The lowest BCUT2D eigenvalue weighted by Gasteiger charge is -2.20. The van der Waals surface area contributed by atoms with Gasteiger partial charge in [0.1, 0.15) is 11.3 Å². The van der Waals surface area contributed by atoms with Gasteiger partial charge in [0.15, 0.2) is 0 Å². The van der Waals surface area contributed by atoms with Crippen LogP contribution in [0.2, 0.25) is 0 Å². The first-order valence-corrected chi connectivity index (χ1v) is 6.92. The van der Waals surface area contributed by atoms with E-state index in [0.717, 1.165) is 12.8 Å². The molecule has 21 heavy (non-hydrogen) atoms. The maximum absolute atomic E-state index is 11.3. The van der Waals surface area contributed by atoms with E-state index in [2.05, 4.69) is 0 Å². The average molecular weight is 292 g/mol. The molecule has 7 heteroatoms. The lowest BCUT2D eigenvalue weighted by atomic mass is 10.00. The summed E-state index contributed by atoms with van der Waals surface area (Å²) in [5.41, 5.74) is -0.323. The maximum atomic E-state index is 11.3. The Kier molecular flexibility index (Phi) is 3.29. The van der Waals surface area contributed by atoms with Gasteiger partial charge in [-0.1, -0.05) is 6.07 Å². The molecule has 1 saturated carbocycles. The number of nitro benzene ring substituents is 1. The van der Waals surface area contributed by atoms with E-state index in [0.29, 0.717) is 24.7 Å². The number of hydrogen-bond donors (Lipinski definition) is 2. The third kappa shape index (κ3) is 2.23. The minimum Gasteiger partial charge on any atom is -0.477 e.